The monoisotopic (exact) mass is 294 g/mol. The molecule has 6 nitrogen and oxygen atoms in total. The molecular weight excluding hydrogens is 272 g/mol. The Kier molecular flexibility index (Phi) is 6.02. The molecule has 0 spiro atoms. The third kappa shape index (κ3) is 4.66. The van der Waals surface area contributed by atoms with E-state index in [0.29, 0.717) is 11.3 Å². The molecule has 1 aromatic rings. The first-order chi connectivity index (χ1) is 9.88. The van der Waals surface area contributed by atoms with Crippen molar-refractivity contribution < 1.29 is 19.1 Å². The van der Waals surface area contributed by atoms with E-state index in [0.717, 1.165) is 6.42 Å². The Morgan fingerprint density at radius 1 is 1.33 bits per heavy atom. The minimum absolute atomic E-state index is 0.0716. The van der Waals surface area contributed by atoms with Gasteiger partial charge in [-0.3, -0.25) is 4.79 Å². The highest BCUT2D eigenvalue weighted by Crippen LogP contribution is 2.24. The second-order valence-corrected chi connectivity index (χ2v) is 4.82. The van der Waals surface area contributed by atoms with Gasteiger partial charge < -0.3 is 20.5 Å². The van der Waals surface area contributed by atoms with E-state index in [1.165, 1.54) is 19.2 Å². The number of rotatable bonds is 6. The number of hydrogen-bond donors (Lipinski definition) is 2. The Bertz CT molecular complexity index is 516. The number of nitrogens with two attached hydrogens (primary N) is 1. The van der Waals surface area contributed by atoms with Crippen molar-refractivity contribution in [2.75, 3.05) is 12.8 Å². The predicted molar refractivity (Wildman–Crippen MR) is 80.2 cm³/mol. The van der Waals surface area contributed by atoms with Gasteiger partial charge in [0.2, 0.25) is 0 Å². The van der Waals surface area contributed by atoms with Gasteiger partial charge in [-0.1, -0.05) is 6.92 Å². The molecule has 2 unspecified atom stereocenters. The van der Waals surface area contributed by atoms with Crippen molar-refractivity contribution in [2.45, 2.75) is 39.3 Å². The van der Waals surface area contributed by atoms with E-state index in [-0.39, 0.29) is 17.7 Å². The van der Waals surface area contributed by atoms with Gasteiger partial charge in [-0.2, -0.15) is 0 Å². The fourth-order valence-corrected chi connectivity index (χ4v) is 1.59. The Morgan fingerprint density at radius 3 is 2.57 bits per heavy atom. The van der Waals surface area contributed by atoms with Crippen LogP contribution >= 0.6 is 0 Å². The molecule has 2 atom stereocenters. The zero-order valence-corrected chi connectivity index (χ0v) is 12.8. The zero-order valence-electron chi connectivity index (χ0n) is 12.8. The summed E-state index contributed by atoms with van der Waals surface area (Å²) in [5, 5.41) is 2.82. The van der Waals surface area contributed by atoms with Gasteiger partial charge >= 0.3 is 5.97 Å². The van der Waals surface area contributed by atoms with Crippen LogP contribution in [0.15, 0.2) is 18.2 Å². The summed E-state index contributed by atoms with van der Waals surface area (Å²) in [4.78, 5) is 23.4. The molecule has 1 amide bonds. The van der Waals surface area contributed by atoms with Crippen molar-refractivity contribution in [3.05, 3.63) is 23.8 Å². The van der Waals surface area contributed by atoms with Crippen LogP contribution in [0.3, 0.4) is 0 Å². The fraction of sp³-hybridized carbons (Fsp3) is 0.467. The Labute approximate surface area is 124 Å². The summed E-state index contributed by atoms with van der Waals surface area (Å²) in [6.45, 7) is 5.52. The van der Waals surface area contributed by atoms with Crippen LogP contribution in [0.5, 0.6) is 5.75 Å². The molecule has 0 aliphatic heterocycles. The topological polar surface area (TPSA) is 90.6 Å². The molecule has 0 bridgehead atoms. The van der Waals surface area contributed by atoms with Crippen LogP contribution in [0.25, 0.3) is 0 Å². The van der Waals surface area contributed by atoms with Crippen LogP contribution in [-0.4, -0.2) is 31.1 Å². The van der Waals surface area contributed by atoms with E-state index in [9.17, 15) is 9.59 Å². The van der Waals surface area contributed by atoms with Crippen molar-refractivity contribution in [1.29, 1.82) is 0 Å². The Hall–Kier alpha value is -2.24. The van der Waals surface area contributed by atoms with Crippen molar-refractivity contribution in [3.63, 3.8) is 0 Å². The highest BCUT2D eigenvalue weighted by atomic mass is 16.5. The summed E-state index contributed by atoms with van der Waals surface area (Å²) in [7, 11) is 1.29. The van der Waals surface area contributed by atoms with E-state index in [4.69, 9.17) is 10.5 Å². The lowest BCUT2D eigenvalue weighted by molar-refractivity contribution is -0.127. The highest BCUT2D eigenvalue weighted by Gasteiger charge is 2.18. The lowest BCUT2D eigenvalue weighted by Gasteiger charge is -2.19. The summed E-state index contributed by atoms with van der Waals surface area (Å²) in [5.41, 5.74) is 6.47. The third-order valence-corrected chi connectivity index (χ3v) is 3.11. The maximum Gasteiger partial charge on any atom is 0.337 e. The van der Waals surface area contributed by atoms with Crippen LogP contribution in [0.2, 0.25) is 0 Å². The van der Waals surface area contributed by atoms with Crippen molar-refractivity contribution in [3.8, 4) is 5.75 Å². The number of nitrogens with one attached hydrogen (secondary N) is 1. The summed E-state index contributed by atoms with van der Waals surface area (Å²) in [6.07, 6.45) is 0.118. The number of carbonyl (C=O) groups excluding carboxylic acids is 2. The van der Waals surface area contributed by atoms with Gasteiger partial charge in [0.05, 0.1) is 18.4 Å². The fourth-order valence-electron chi connectivity index (χ4n) is 1.59. The van der Waals surface area contributed by atoms with Gasteiger partial charge in [0, 0.05) is 6.04 Å². The van der Waals surface area contributed by atoms with Gasteiger partial charge in [0.25, 0.3) is 5.91 Å². The van der Waals surface area contributed by atoms with Crippen LogP contribution in [-0.2, 0) is 9.53 Å². The van der Waals surface area contributed by atoms with Crippen molar-refractivity contribution >= 4 is 17.6 Å². The highest BCUT2D eigenvalue weighted by molar-refractivity contribution is 5.90. The predicted octanol–water partition coefficient (Wildman–Crippen LogP) is 1.74. The molecular formula is C15H22N2O4. The van der Waals surface area contributed by atoms with Crippen molar-refractivity contribution in [2.24, 2.45) is 0 Å². The van der Waals surface area contributed by atoms with E-state index >= 15 is 0 Å². The van der Waals surface area contributed by atoms with E-state index in [1.54, 1.807) is 13.0 Å². The first kappa shape index (κ1) is 16.8. The third-order valence-electron chi connectivity index (χ3n) is 3.11. The molecule has 0 fully saturated rings. The zero-order chi connectivity index (χ0) is 16.0. The second kappa shape index (κ2) is 7.52. The summed E-state index contributed by atoms with van der Waals surface area (Å²) >= 11 is 0. The molecule has 21 heavy (non-hydrogen) atoms. The number of ether oxygens (including phenoxy) is 2. The quantitative estimate of drug-likeness (QED) is 0.616. The largest absolute Gasteiger partial charge is 0.479 e. The number of amides is 1. The van der Waals surface area contributed by atoms with Gasteiger partial charge in [0.1, 0.15) is 5.75 Å². The molecule has 0 aliphatic rings. The molecule has 6 heteroatoms. The van der Waals surface area contributed by atoms with Gasteiger partial charge in [-0.05, 0) is 38.5 Å². The van der Waals surface area contributed by atoms with E-state index < -0.39 is 12.1 Å². The standard InChI is InChI=1S/C15H22N2O4/c1-5-9(2)17-14(18)10(3)21-13-8-11(15(19)20-4)6-7-12(13)16/h6-10H,5,16H2,1-4H3,(H,17,18). The van der Waals surface area contributed by atoms with Crippen LogP contribution < -0.4 is 15.8 Å². The van der Waals surface area contributed by atoms with Gasteiger partial charge in [-0.15, -0.1) is 0 Å². The molecule has 3 N–H and O–H groups in total. The number of nitrogen functional groups attached to an aromatic ring is 1. The minimum atomic E-state index is -0.714. The molecule has 0 aliphatic carbocycles. The van der Waals surface area contributed by atoms with Crippen molar-refractivity contribution in [1.82, 2.24) is 5.32 Å². The lowest BCUT2D eigenvalue weighted by atomic mass is 10.2. The lowest BCUT2D eigenvalue weighted by Crippen LogP contribution is -2.41. The number of benzene rings is 1. The number of carbonyl (C=O) groups is 2. The molecule has 0 saturated heterocycles. The van der Waals surface area contributed by atoms with Crippen LogP contribution in [0, 0.1) is 0 Å². The molecule has 0 radical (unpaired) electrons. The van der Waals surface area contributed by atoms with Gasteiger partial charge in [-0.25, -0.2) is 4.79 Å². The number of esters is 1. The van der Waals surface area contributed by atoms with Crippen LogP contribution in [0.1, 0.15) is 37.6 Å². The SMILES string of the molecule is CCC(C)NC(=O)C(C)Oc1cc(C(=O)OC)ccc1N. The van der Waals surface area contributed by atoms with Crippen LogP contribution in [0.4, 0.5) is 5.69 Å². The summed E-state index contributed by atoms with van der Waals surface area (Å²) in [6, 6.07) is 4.62. The number of hydrogen-bond acceptors (Lipinski definition) is 5. The first-order valence-corrected chi connectivity index (χ1v) is 6.83. The molecule has 1 aromatic carbocycles. The summed E-state index contributed by atoms with van der Waals surface area (Å²) in [5.74, 6) is -0.437. The van der Waals surface area contributed by atoms with Gasteiger partial charge in [0.15, 0.2) is 6.10 Å². The minimum Gasteiger partial charge on any atom is -0.479 e. The molecule has 0 aromatic heterocycles. The normalized spacial score (nSPS) is 13.1. The Morgan fingerprint density at radius 2 is 2.00 bits per heavy atom. The number of anilines is 1. The molecule has 0 saturated carbocycles. The first-order valence-electron chi connectivity index (χ1n) is 6.83. The smallest absolute Gasteiger partial charge is 0.337 e. The average Bonchev–Trinajstić information content (AvgIpc) is 2.48. The summed E-state index contributed by atoms with van der Waals surface area (Å²) < 4.78 is 10.2. The Balaban J connectivity index is 2.82. The number of methoxy groups -OCH3 is 1. The maximum atomic E-state index is 11.9. The van der Waals surface area contributed by atoms with E-state index in [1.807, 2.05) is 13.8 Å². The maximum absolute atomic E-state index is 11.9. The van der Waals surface area contributed by atoms with E-state index in [2.05, 4.69) is 10.1 Å². The molecule has 1 rings (SSSR count). The second-order valence-electron chi connectivity index (χ2n) is 4.82. The molecule has 0 heterocycles. The average molecular weight is 294 g/mol. The molecule has 116 valence electrons.